The Morgan fingerprint density at radius 3 is 2.59 bits per heavy atom. The van der Waals surface area contributed by atoms with Crippen LogP contribution in [0.2, 0.25) is 5.02 Å². The molecule has 0 aliphatic heterocycles. The average Bonchev–Trinajstić information content (AvgIpc) is 2.23. The zero-order chi connectivity index (χ0) is 13.2. The number of nitrogen functional groups attached to an aromatic ring is 1. The molecule has 0 saturated carbocycles. The summed E-state index contributed by atoms with van der Waals surface area (Å²) in [6.07, 6.45) is 0. The molecule has 3 nitrogen and oxygen atoms in total. The molecule has 5 heteroatoms. The molecule has 0 aliphatic rings. The Labute approximate surface area is 105 Å². The molecule has 0 unspecified atom stereocenters. The number of anilines is 1. The maximum absolute atomic E-state index is 13.6. The third-order valence-corrected chi connectivity index (χ3v) is 2.66. The molecule has 0 heterocycles. The molecule has 0 fully saturated rings. The van der Waals surface area contributed by atoms with E-state index in [1.165, 1.54) is 12.1 Å². The lowest BCUT2D eigenvalue weighted by atomic mass is 9.95. The fraction of sp³-hybridized carbons (Fsp3) is 0.417. The van der Waals surface area contributed by atoms with Crippen LogP contribution in [0.3, 0.4) is 0 Å². The quantitative estimate of drug-likeness (QED) is 0.802. The summed E-state index contributed by atoms with van der Waals surface area (Å²) < 4.78 is 13.6. The van der Waals surface area contributed by atoms with Crippen LogP contribution in [-0.2, 0) is 11.3 Å². The van der Waals surface area contributed by atoms with E-state index in [0.29, 0.717) is 5.56 Å². The second kappa shape index (κ2) is 4.92. The number of amides is 1. The highest BCUT2D eigenvalue weighted by atomic mass is 35.5. The van der Waals surface area contributed by atoms with Gasteiger partial charge in [-0.15, -0.1) is 0 Å². The smallest absolute Gasteiger partial charge is 0.225 e. The van der Waals surface area contributed by atoms with E-state index >= 15 is 0 Å². The molecule has 0 radical (unpaired) electrons. The van der Waals surface area contributed by atoms with Crippen molar-refractivity contribution in [3.8, 4) is 0 Å². The van der Waals surface area contributed by atoms with Crippen LogP contribution in [0.25, 0.3) is 0 Å². The summed E-state index contributed by atoms with van der Waals surface area (Å²) in [5, 5.41) is 2.82. The van der Waals surface area contributed by atoms with E-state index in [9.17, 15) is 9.18 Å². The molecule has 1 aromatic rings. The highest BCUT2D eigenvalue weighted by molar-refractivity contribution is 6.33. The van der Waals surface area contributed by atoms with Crippen molar-refractivity contribution in [1.29, 1.82) is 0 Å². The summed E-state index contributed by atoms with van der Waals surface area (Å²) in [7, 11) is 0. The predicted octanol–water partition coefficient (Wildman–Crippen LogP) is 2.72. The number of nitrogens with two attached hydrogens (primary N) is 1. The summed E-state index contributed by atoms with van der Waals surface area (Å²) in [5.41, 5.74) is 5.18. The van der Waals surface area contributed by atoms with Crippen molar-refractivity contribution in [1.82, 2.24) is 5.32 Å². The molecular formula is C12H16ClFN2O. The van der Waals surface area contributed by atoms with Gasteiger partial charge in [-0.1, -0.05) is 38.4 Å². The molecule has 1 rings (SSSR count). The second-order valence-corrected chi connectivity index (χ2v) is 5.27. The van der Waals surface area contributed by atoms with Crippen molar-refractivity contribution >= 4 is 23.2 Å². The predicted molar refractivity (Wildman–Crippen MR) is 67.1 cm³/mol. The van der Waals surface area contributed by atoms with Crippen LogP contribution in [0.5, 0.6) is 0 Å². The molecule has 0 aromatic heterocycles. The van der Waals surface area contributed by atoms with Gasteiger partial charge in [-0.2, -0.15) is 0 Å². The van der Waals surface area contributed by atoms with E-state index in [1.807, 2.05) is 0 Å². The summed E-state index contributed by atoms with van der Waals surface area (Å²) in [4.78, 5) is 11.6. The van der Waals surface area contributed by atoms with Crippen LogP contribution in [0.4, 0.5) is 10.1 Å². The van der Waals surface area contributed by atoms with Gasteiger partial charge in [0.1, 0.15) is 0 Å². The van der Waals surface area contributed by atoms with E-state index in [2.05, 4.69) is 5.32 Å². The van der Waals surface area contributed by atoms with Crippen molar-refractivity contribution in [2.24, 2.45) is 5.41 Å². The molecule has 0 saturated heterocycles. The number of halogens is 2. The normalized spacial score (nSPS) is 11.4. The summed E-state index contributed by atoms with van der Waals surface area (Å²) in [5.74, 6) is -0.725. The topological polar surface area (TPSA) is 55.1 Å². The van der Waals surface area contributed by atoms with Crippen LogP contribution in [-0.4, -0.2) is 5.91 Å². The molecule has 0 bridgehead atoms. The van der Waals surface area contributed by atoms with E-state index in [0.717, 1.165) is 0 Å². The van der Waals surface area contributed by atoms with Crippen LogP contribution < -0.4 is 11.1 Å². The number of hydrogen-bond acceptors (Lipinski definition) is 2. The van der Waals surface area contributed by atoms with Crippen LogP contribution in [0.1, 0.15) is 26.3 Å². The largest absolute Gasteiger partial charge is 0.395 e. The molecule has 3 N–H and O–H groups in total. The lowest BCUT2D eigenvalue weighted by molar-refractivity contribution is -0.128. The third-order valence-electron chi connectivity index (χ3n) is 2.33. The summed E-state index contributed by atoms with van der Waals surface area (Å²) in [6.45, 7) is 5.46. The van der Waals surface area contributed by atoms with Crippen molar-refractivity contribution in [2.75, 3.05) is 5.73 Å². The number of rotatable bonds is 2. The summed E-state index contributed by atoms with van der Waals surface area (Å²) in [6, 6.07) is 3.02. The van der Waals surface area contributed by atoms with Crippen LogP contribution >= 0.6 is 11.6 Å². The molecule has 94 valence electrons. The standard InChI is InChI=1S/C12H16ClFN2O/c1-12(2,3)11(17)16-6-7-4-5-8(13)10(15)9(7)14/h4-5H,6,15H2,1-3H3,(H,16,17). The van der Waals surface area contributed by atoms with E-state index in [4.69, 9.17) is 17.3 Å². The van der Waals surface area contributed by atoms with Gasteiger partial charge in [-0.3, -0.25) is 4.79 Å². The Balaban J connectivity index is 2.78. The van der Waals surface area contributed by atoms with Gasteiger partial charge in [0.15, 0.2) is 5.82 Å². The Hall–Kier alpha value is -1.29. The fourth-order valence-corrected chi connectivity index (χ4v) is 1.34. The van der Waals surface area contributed by atoms with E-state index < -0.39 is 11.2 Å². The maximum Gasteiger partial charge on any atom is 0.225 e. The highest BCUT2D eigenvalue weighted by Crippen LogP contribution is 2.24. The number of nitrogens with one attached hydrogen (secondary N) is 1. The Morgan fingerprint density at radius 2 is 2.06 bits per heavy atom. The lowest BCUT2D eigenvalue weighted by Gasteiger charge is -2.18. The zero-order valence-electron chi connectivity index (χ0n) is 10.1. The molecule has 0 atom stereocenters. The van der Waals surface area contributed by atoms with Gasteiger partial charge in [-0.25, -0.2) is 4.39 Å². The van der Waals surface area contributed by atoms with Crippen molar-refractivity contribution in [2.45, 2.75) is 27.3 Å². The first-order chi connectivity index (χ1) is 7.73. The molecular weight excluding hydrogens is 243 g/mol. The number of hydrogen-bond donors (Lipinski definition) is 2. The summed E-state index contributed by atoms with van der Waals surface area (Å²) >= 11 is 5.67. The number of carbonyl (C=O) groups excluding carboxylic acids is 1. The molecule has 1 amide bonds. The third kappa shape index (κ3) is 3.33. The Bertz CT molecular complexity index is 441. The van der Waals surface area contributed by atoms with Crippen LogP contribution in [0.15, 0.2) is 12.1 Å². The van der Waals surface area contributed by atoms with Gasteiger partial charge < -0.3 is 11.1 Å². The molecule has 1 aromatic carbocycles. The zero-order valence-corrected chi connectivity index (χ0v) is 10.9. The van der Waals surface area contributed by atoms with Crippen molar-refractivity contribution < 1.29 is 9.18 Å². The minimum absolute atomic E-state index is 0.0887. The van der Waals surface area contributed by atoms with Crippen LogP contribution in [0, 0.1) is 11.2 Å². The molecule has 0 spiro atoms. The molecule has 0 aliphatic carbocycles. The maximum atomic E-state index is 13.6. The molecule has 17 heavy (non-hydrogen) atoms. The highest BCUT2D eigenvalue weighted by Gasteiger charge is 2.21. The second-order valence-electron chi connectivity index (χ2n) is 4.87. The van der Waals surface area contributed by atoms with Gasteiger partial charge >= 0.3 is 0 Å². The van der Waals surface area contributed by atoms with Gasteiger partial charge in [0.2, 0.25) is 5.91 Å². The van der Waals surface area contributed by atoms with E-state index in [1.54, 1.807) is 20.8 Å². The SMILES string of the molecule is CC(C)(C)C(=O)NCc1ccc(Cl)c(N)c1F. The Kier molecular flexibility index (Phi) is 3.98. The van der Waals surface area contributed by atoms with Gasteiger partial charge in [0, 0.05) is 17.5 Å². The average molecular weight is 259 g/mol. The minimum atomic E-state index is -0.577. The first-order valence-corrected chi connectivity index (χ1v) is 5.62. The first-order valence-electron chi connectivity index (χ1n) is 5.24. The van der Waals surface area contributed by atoms with Gasteiger partial charge in [0.25, 0.3) is 0 Å². The Morgan fingerprint density at radius 1 is 1.47 bits per heavy atom. The minimum Gasteiger partial charge on any atom is -0.395 e. The fourth-order valence-electron chi connectivity index (χ4n) is 1.19. The van der Waals surface area contributed by atoms with Gasteiger partial charge in [0.05, 0.1) is 10.7 Å². The van der Waals surface area contributed by atoms with Crippen molar-refractivity contribution in [3.05, 3.63) is 28.5 Å². The van der Waals surface area contributed by atoms with E-state index in [-0.39, 0.29) is 23.2 Å². The number of carbonyl (C=O) groups is 1. The van der Waals surface area contributed by atoms with Crippen molar-refractivity contribution in [3.63, 3.8) is 0 Å². The van der Waals surface area contributed by atoms with Gasteiger partial charge in [-0.05, 0) is 6.07 Å². The monoisotopic (exact) mass is 258 g/mol. The first kappa shape index (κ1) is 13.8. The lowest BCUT2D eigenvalue weighted by Crippen LogP contribution is -2.34. The number of benzene rings is 1.